The maximum atomic E-state index is 13.2. The summed E-state index contributed by atoms with van der Waals surface area (Å²) in [6.45, 7) is 4.80. The second kappa shape index (κ2) is 9.85. The molecule has 7 nitrogen and oxygen atoms in total. The number of carbonyl (C=O) groups is 2. The molecule has 1 unspecified atom stereocenters. The van der Waals surface area contributed by atoms with E-state index in [1.165, 1.54) is 0 Å². The fourth-order valence-corrected chi connectivity index (χ4v) is 3.21. The van der Waals surface area contributed by atoms with Crippen molar-refractivity contribution in [3.8, 4) is 0 Å². The van der Waals surface area contributed by atoms with E-state index in [9.17, 15) is 9.59 Å². The van der Waals surface area contributed by atoms with E-state index < -0.39 is 6.04 Å². The normalized spacial score (nSPS) is 15.2. The number of nitrogens with one attached hydrogen (secondary N) is 1. The van der Waals surface area contributed by atoms with Gasteiger partial charge in [-0.1, -0.05) is 36.4 Å². The Morgan fingerprint density at radius 2 is 1.79 bits per heavy atom. The molecule has 1 saturated heterocycles. The highest BCUT2D eigenvalue weighted by atomic mass is 16.5. The number of amides is 2. The number of rotatable bonds is 7. The molecule has 1 aromatic carbocycles. The van der Waals surface area contributed by atoms with E-state index in [1.807, 2.05) is 55.5 Å². The first kappa shape index (κ1) is 19.8. The van der Waals surface area contributed by atoms with Crippen molar-refractivity contribution in [2.45, 2.75) is 13.0 Å². The predicted molar refractivity (Wildman–Crippen MR) is 107 cm³/mol. The van der Waals surface area contributed by atoms with Crippen molar-refractivity contribution >= 4 is 17.6 Å². The summed E-state index contributed by atoms with van der Waals surface area (Å²) in [4.78, 5) is 33.7. The van der Waals surface area contributed by atoms with E-state index in [-0.39, 0.29) is 18.4 Å². The standard InChI is InChI=1S/C21H26N4O3/c1-2-28-16-19(26)23-20(17-8-4-3-5-9-17)21(27)25-14-12-24(13-15-25)18-10-6-7-11-22-18/h3-11,20H,2,12-16H2,1H3,(H,23,26). The number of hydrogen-bond donors (Lipinski definition) is 1. The van der Waals surface area contributed by atoms with Crippen LogP contribution in [0.15, 0.2) is 54.7 Å². The van der Waals surface area contributed by atoms with E-state index in [0.717, 1.165) is 11.4 Å². The summed E-state index contributed by atoms with van der Waals surface area (Å²) < 4.78 is 5.17. The first-order valence-corrected chi connectivity index (χ1v) is 9.56. The van der Waals surface area contributed by atoms with Crippen molar-refractivity contribution in [2.24, 2.45) is 0 Å². The molecule has 28 heavy (non-hydrogen) atoms. The van der Waals surface area contributed by atoms with Gasteiger partial charge in [-0.3, -0.25) is 9.59 Å². The lowest BCUT2D eigenvalue weighted by Gasteiger charge is -2.37. The Hall–Kier alpha value is -2.93. The van der Waals surface area contributed by atoms with Gasteiger partial charge < -0.3 is 19.9 Å². The summed E-state index contributed by atoms with van der Waals surface area (Å²) in [5.41, 5.74) is 0.768. The molecule has 2 heterocycles. The monoisotopic (exact) mass is 382 g/mol. The molecule has 1 aliphatic rings. The molecule has 1 aliphatic heterocycles. The van der Waals surface area contributed by atoms with Crippen LogP contribution >= 0.6 is 0 Å². The zero-order chi connectivity index (χ0) is 19.8. The first-order valence-electron chi connectivity index (χ1n) is 9.56. The Labute approximate surface area is 165 Å². The SMILES string of the molecule is CCOCC(=O)NC(C(=O)N1CCN(c2ccccn2)CC1)c1ccccc1. The molecule has 2 amide bonds. The molecule has 0 aliphatic carbocycles. The largest absolute Gasteiger partial charge is 0.372 e. The predicted octanol–water partition coefficient (Wildman–Crippen LogP) is 1.62. The fourth-order valence-electron chi connectivity index (χ4n) is 3.21. The minimum atomic E-state index is -0.712. The van der Waals surface area contributed by atoms with Crippen LogP contribution in [-0.4, -0.2) is 61.1 Å². The average Bonchev–Trinajstić information content (AvgIpc) is 2.77. The number of benzene rings is 1. The number of nitrogens with zero attached hydrogens (tertiary/aromatic N) is 3. The van der Waals surface area contributed by atoms with Crippen LogP contribution in [0.25, 0.3) is 0 Å². The van der Waals surface area contributed by atoms with Crippen molar-refractivity contribution in [2.75, 3.05) is 44.3 Å². The number of pyridine rings is 1. The summed E-state index contributed by atoms with van der Waals surface area (Å²) in [5.74, 6) is 0.520. The van der Waals surface area contributed by atoms with Crippen molar-refractivity contribution in [1.29, 1.82) is 0 Å². The number of carbonyl (C=O) groups excluding carboxylic acids is 2. The molecule has 1 fully saturated rings. The van der Waals surface area contributed by atoms with E-state index in [0.29, 0.717) is 32.8 Å². The lowest BCUT2D eigenvalue weighted by molar-refractivity contribution is -0.138. The minimum Gasteiger partial charge on any atom is -0.372 e. The van der Waals surface area contributed by atoms with Crippen LogP contribution in [0.1, 0.15) is 18.5 Å². The van der Waals surface area contributed by atoms with Crippen LogP contribution < -0.4 is 10.2 Å². The molecule has 1 atom stereocenters. The second-order valence-corrected chi connectivity index (χ2v) is 6.55. The van der Waals surface area contributed by atoms with Gasteiger partial charge in [0.25, 0.3) is 0 Å². The Morgan fingerprint density at radius 3 is 2.43 bits per heavy atom. The van der Waals surface area contributed by atoms with Crippen molar-refractivity contribution < 1.29 is 14.3 Å². The van der Waals surface area contributed by atoms with Gasteiger partial charge in [0.15, 0.2) is 0 Å². The van der Waals surface area contributed by atoms with Crippen LogP contribution in [0.3, 0.4) is 0 Å². The molecule has 1 aromatic heterocycles. The Balaban J connectivity index is 1.67. The van der Waals surface area contributed by atoms with Gasteiger partial charge in [0.2, 0.25) is 11.8 Å². The van der Waals surface area contributed by atoms with Gasteiger partial charge in [0.1, 0.15) is 18.5 Å². The first-order chi connectivity index (χ1) is 13.7. The highest BCUT2D eigenvalue weighted by Gasteiger charge is 2.30. The third-order valence-electron chi connectivity index (χ3n) is 4.69. The smallest absolute Gasteiger partial charge is 0.249 e. The molecule has 0 spiro atoms. The molecule has 7 heteroatoms. The molecule has 1 N–H and O–H groups in total. The topological polar surface area (TPSA) is 74.8 Å². The van der Waals surface area contributed by atoms with E-state index in [4.69, 9.17) is 4.74 Å². The summed E-state index contributed by atoms with van der Waals surface area (Å²) >= 11 is 0. The summed E-state index contributed by atoms with van der Waals surface area (Å²) in [6.07, 6.45) is 1.77. The molecule has 3 rings (SSSR count). The van der Waals surface area contributed by atoms with Crippen molar-refractivity contribution in [1.82, 2.24) is 15.2 Å². The average molecular weight is 382 g/mol. The maximum absolute atomic E-state index is 13.2. The number of ether oxygens (including phenoxy) is 1. The lowest BCUT2D eigenvalue weighted by Crippen LogP contribution is -2.52. The summed E-state index contributed by atoms with van der Waals surface area (Å²) in [5, 5.41) is 2.83. The Morgan fingerprint density at radius 1 is 1.07 bits per heavy atom. The lowest BCUT2D eigenvalue weighted by atomic mass is 10.0. The number of hydrogen-bond acceptors (Lipinski definition) is 5. The number of aromatic nitrogens is 1. The molecule has 148 valence electrons. The van der Waals surface area contributed by atoms with Crippen LogP contribution in [-0.2, 0) is 14.3 Å². The Kier molecular flexibility index (Phi) is 6.97. The van der Waals surface area contributed by atoms with Gasteiger partial charge in [-0.15, -0.1) is 0 Å². The fraction of sp³-hybridized carbons (Fsp3) is 0.381. The van der Waals surface area contributed by atoms with Crippen LogP contribution in [0.5, 0.6) is 0 Å². The molecular formula is C21H26N4O3. The van der Waals surface area contributed by atoms with Crippen LogP contribution in [0.2, 0.25) is 0 Å². The van der Waals surface area contributed by atoms with Gasteiger partial charge in [0, 0.05) is 39.0 Å². The quantitative estimate of drug-likeness (QED) is 0.788. The molecule has 2 aromatic rings. The molecular weight excluding hydrogens is 356 g/mol. The Bertz CT molecular complexity index is 762. The van der Waals surface area contributed by atoms with E-state index in [1.54, 1.807) is 11.1 Å². The highest BCUT2D eigenvalue weighted by molar-refractivity contribution is 5.89. The van der Waals surface area contributed by atoms with Gasteiger partial charge in [-0.25, -0.2) is 4.98 Å². The molecule has 0 radical (unpaired) electrons. The second-order valence-electron chi connectivity index (χ2n) is 6.55. The van der Waals surface area contributed by atoms with Crippen LogP contribution in [0, 0.1) is 0 Å². The molecule has 0 bridgehead atoms. The third-order valence-corrected chi connectivity index (χ3v) is 4.69. The van der Waals surface area contributed by atoms with Gasteiger partial charge in [-0.05, 0) is 24.6 Å². The minimum absolute atomic E-state index is 0.0550. The maximum Gasteiger partial charge on any atom is 0.249 e. The van der Waals surface area contributed by atoms with E-state index >= 15 is 0 Å². The van der Waals surface area contributed by atoms with Crippen molar-refractivity contribution in [3.63, 3.8) is 0 Å². The van der Waals surface area contributed by atoms with Crippen LogP contribution in [0.4, 0.5) is 5.82 Å². The zero-order valence-corrected chi connectivity index (χ0v) is 16.1. The molecule has 0 saturated carbocycles. The highest BCUT2D eigenvalue weighted by Crippen LogP contribution is 2.19. The van der Waals surface area contributed by atoms with Gasteiger partial charge in [0.05, 0.1) is 0 Å². The third kappa shape index (κ3) is 5.07. The van der Waals surface area contributed by atoms with Crippen molar-refractivity contribution in [3.05, 3.63) is 60.3 Å². The number of anilines is 1. The summed E-state index contributed by atoms with van der Waals surface area (Å²) in [7, 11) is 0. The van der Waals surface area contributed by atoms with E-state index in [2.05, 4.69) is 15.2 Å². The van der Waals surface area contributed by atoms with Gasteiger partial charge >= 0.3 is 0 Å². The zero-order valence-electron chi connectivity index (χ0n) is 16.1. The summed E-state index contributed by atoms with van der Waals surface area (Å²) in [6, 6.07) is 14.4. The number of piperazine rings is 1. The van der Waals surface area contributed by atoms with Gasteiger partial charge in [-0.2, -0.15) is 0 Å².